The second kappa shape index (κ2) is 8.41. The summed E-state index contributed by atoms with van der Waals surface area (Å²) in [6.45, 7) is 5.01. The number of rotatable bonds is 7. The van der Waals surface area contributed by atoms with Crippen molar-refractivity contribution in [1.29, 1.82) is 0 Å². The van der Waals surface area contributed by atoms with Gasteiger partial charge in [0.1, 0.15) is 0 Å². The molecule has 122 valence electrons. The molecule has 1 aliphatic heterocycles. The lowest BCUT2D eigenvalue weighted by Gasteiger charge is -2.25. The molecule has 0 aliphatic carbocycles. The molecule has 6 heteroatoms. The van der Waals surface area contributed by atoms with Crippen LogP contribution in [0.1, 0.15) is 23.5 Å². The van der Waals surface area contributed by atoms with Crippen LogP contribution >= 0.6 is 11.3 Å². The van der Waals surface area contributed by atoms with Gasteiger partial charge >= 0.3 is 0 Å². The Balaban J connectivity index is 1.95. The van der Waals surface area contributed by atoms with Crippen LogP contribution in [-0.4, -0.2) is 67.1 Å². The lowest BCUT2D eigenvalue weighted by atomic mass is 10.2. The summed E-state index contributed by atoms with van der Waals surface area (Å²) < 4.78 is 5.66. The molecule has 0 aromatic carbocycles. The van der Waals surface area contributed by atoms with Gasteiger partial charge in [-0.1, -0.05) is 0 Å². The van der Waals surface area contributed by atoms with Crippen LogP contribution in [0.3, 0.4) is 0 Å². The van der Waals surface area contributed by atoms with Crippen molar-refractivity contribution in [2.24, 2.45) is 0 Å². The maximum Gasteiger partial charge on any atom is 0.246 e. The summed E-state index contributed by atoms with van der Waals surface area (Å²) in [6.07, 6.45) is 5.74. The summed E-state index contributed by atoms with van der Waals surface area (Å²) >= 11 is 1.59. The number of nitrogens with zero attached hydrogens (tertiary/aromatic N) is 3. The SMILES string of the molecule is Cc1nc(/C=C/C(=O)N(CCN(C)C)C[C@@H]2CCCO2)cs1. The molecule has 1 atom stereocenters. The van der Waals surface area contributed by atoms with Gasteiger partial charge in [0.2, 0.25) is 5.91 Å². The molecule has 1 aliphatic rings. The van der Waals surface area contributed by atoms with Crippen LogP contribution in [0.2, 0.25) is 0 Å². The Morgan fingerprint density at radius 2 is 2.32 bits per heavy atom. The number of likely N-dealkylation sites (N-methyl/N-ethyl adjacent to an activating group) is 1. The minimum absolute atomic E-state index is 0.0306. The van der Waals surface area contributed by atoms with Crippen molar-refractivity contribution in [2.45, 2.75) is 25.9 Å². The predicted octanol–water partition coefficient (Wildman–Crippen LogP) is 2.03. The predicted molar refractivity (Wildman–Crippen MR) is 90.0 cm³/mol. The molecule has 0 N–H and O–H groups in total. The van der Waals surface area contributed by atoms with Crippen LogP contribution in [0.25, 0.3) is 6.08 Å². The number of hydrogen-bond acceptors (Lipinski definition) is 5. The van der Waals surface area contributed by atoms with Gasteiger partial charge in [-0.25, -0.2) is 4.98 Å². The van der Waals surface area contributed by atoms with E-state index in [1.807, 2.05) is 31.3 Å². The molecular weight excluding hydrogens is 298 g/mol. The van der Waals surface area contributed by atoms with Gasteiger partial charge < -0.3 is 14.5 Å². The van der Waals surface area contributed by atoms with E-state index in [0.29, 0.717) is 13.1 Å². The lowest BCUT2D eigenvalue weighted by molar-refractivity contribution is -0.127. The van der Waals surface area contributed by atoms with E-state index < -0.39 is 0 Å². The third-order valence-corrected chi connectivity index (χ3v) is 4.40. The molecule has 1 aromatic rings. The molecule has 0 bridgehead atoms. The molecule has 1 aromatic heterocycles. The van der Waals surface area contributed by atoms with E-state index in [1.54, 1.807) is 23.5 Å². The topological polar surface area (TPSA) is 45.7 Å². The molecule has 1 saturated heterocycles. The minimum Gasteiger partial charge on any atom is -0.376 e. The van der Waals surface area contributed by atoms with E-state index >= 15 is 0 Å². The van der Waals surface area contributed by atoms with Gasteiger partial charge in [-0.2, -0.15) is 0 Å². The Morgan fingerprint density at radius 1 is 1.50 bits per heavy atom. The molecule has 0 unspecified atom stereocenters. The largest absolute Gasteiger partial charge is 0.376 e. The maximum atomic E-state index is 12.5. The number of carbonyl (C=O) groups excluding carboxylic acids is 1. The van der Waals surface area contributed by atoms with E-state index in [9.17, 15) is 4.79 Å². The highest BCUT2D eigenvalue weighted by Gasteiger charge is 2.21. The molecule has 1 amide bonds. The van der Waals surface area contributed by atoms with Crippen molar-refractivity contribution in [3.63, 3.8) is 0 Å². The van der Waals surface area contributed by atoms with Crippen molar-refractivity contribution in [3.05, 3.63) is 22.2 Å². The third-order valence-electron chi connectivity index (χ3n) is 3.61. The van der Waals surface area contributed by atoms with Crippen LogP contribution in [0, 0.1) is 6.92 Å². The van der Waals surface area contributed by atoms with E-state index in [4.69, 9.17) is 4.74 Å². The zero-order valence-electron chi connectivity index (χ0n) is 13.6. The summed E-state index contributed by atoms with van der Waals surface area (Å²) in [7, 11) is 4.03. The average Bonchev–Trinajstić information content (AvgIpc) is 3.12. The highest BCUT2D eigenvalue weighted by molar-refractivity contribution is 7.09. The number of carbonyl (C=O) groups is 1. The molecule has 1 fully saturated rings. The van der Waals surface area contributed by atoms with E-state index in [2.05, 4.69) is 9.88 Å². The fourth-order valence-electron chi connectivity index (χ4n) is 2.37. The van der Waals surface area contributed by atoms with E-state index in [1.165, 1.54) is 0 Å². The Hall–Kier alpha value is -1.24. The van der Waals surface area contributed by atoms with Gasteiger partial charge in [0.05, 0.1) is 16.8 Å². The van der Waals surface area contributed by atoms with Crippen LogP contribution in [0.15, 0.2) is 11.5 Å². The normalized spacial score (nSPS) is 18.5. The van der Waals surface area contributed by atoms with E-state index in [0.717, 1.165) is 36.7 Å². The Morgan fingerprint density at radius 3 is 2.91 bits per heavy atom. The second-order valence-electron chi connectivity index (χ2n) is 5.85. The summed E-state index contributed by atoms with van der Waals surface area (Å²) in [6, 6.07) is 0. The molecule has 0 radical (unpaired) electrons. The third kappa shape index (κ3) is 5.51. The van der Waals surface area contributed by atoms with Crippen molar-refractivity contribution in [3.8, 4) is 0 Å². The van der Waals surface area contributed by atoms with Crippen LogP contribution in [0.5, 0.6) is 0 Å². The summed E-state index contributed by atoms with van der Waals surface area (Å²) in [5, 5.41) is 2.97. The Labute approximate surface area is 136 Å². The molecule has 22 heavy (non-hydrogen) atoms. The number of aromatic nitrogens is 1. The zero-order chi connectivity index (χ0) is 15.9. The first-order valence-electron chi connectivity index (χ1n) is 7.70. The van der Waals surface area contributed by atoms with Gasteiger partial charge in [-0.15, -0.1) is 11.3 Å². The van der Waals surface area contributed by atoms with Gasteiger partial charge in [0.25, 0.3) is 0 Å². The number of aryl methyl sites for hydroxylation is 1. The first kappa shape index (κ1) is 17.1. The maximum absolute atomic E-state index is 12.5. The van der Waals surface area contributed by atoms with Crippen LogP contribution < -0.4 is 0 Å². The highest BCUT2D eigenvalue weighted by atomic mass is 32.1. The van der Waals surface area contributed by atoms with Crippen molar-refractivity contribution in [1.82, 2.24) is 14.8 Å². The lowest BCUT2D eigenvalue weighted by Crippen LogP contribution is -2.40. The standard InChI is InChI=1S/C16H25N3O2S/c1-13-17-14(12-22-13)6-7-16(20)19(9-8-18(2)3)11-15-5-4-10-21-15/h6-7,12,15H,4-5,8-11H2,1-3H3/b7-6+/t15-/m0/s1. The Kier molecular flexibility index (Phi) is 6.54. The van der Waals surface area contributed by atoms with Crippen molar-refractivity contribution < 1.29 is 9.53 Å². The molecule has 5 nitrogen and oxygen atoms in total. The number of amides is 1. The fourth-order valence-corrected chi connectivity index (χ4v) is 2.95. The molecule has 2 heterocycles. The first-order valence-corrected chi connectivity index (χ1v) is 8.58. The van der Waals surface area contributed by atoms with Crippen molar-refractivity contribution >= 4 is 23.3 Å². The van der Waals surface area contributed by atoms with Crippen molar-refractivity contribution in [2.75, 3.05) is 40.3 Å². The summed E-state index contributed by atoms with van der Waals surface area (Å²) in [5.41, 5.74) is 0.848. The van der Waals surface area contributed by atoms with Gasteiger partial charge in [0, 0.05) is 37.7 Å². The smallest absolute Gasteiger partial charge is 0.246 e. The number of hydrogen-bond donors (Lipinski definition) is 0. The molecular formula is C16H25N3O2S. The zero-order valence-corrected chi connectivity index (χ0v) is 14.4. The molecule has 2 rings (SSSR count). The summed E-state index contributed by atoms with van der Waals surface area (Å²) in [5.74, 6) is 0.0306. The number of ether oxygens (including phenoxy) is 1. The van der Waals surface area contributed by atoms with Crippen LogP contribution in [-0.2, 0) is 9.53 Å². The summed E-state index contributed by atoms with van der Waals surface area (Å²) in [4.78, 5) is 20.8. The average molecular weight is 323 g/mol. The minimum atomic E-state index is 0.0306. The Bertz CT molecular complexity index is 507. The molecule has 0 spiro atoms. The second-order valence-corrected chi connectivity index (χ2v) is 6.91. The van der Waals surface area contributed by atoms with Crippen LogP contribution in [0.4, 0.5) is 0 Å². The first-order chi connectivity index (χ1) is 10.5. The quantitative estimate of drug-likeness (QED) is 0.720. The molecule has 0 saturated carbocycles. The van der Waals surface area contributed by atoms with Gasteiger partial charge in [0.15, 0.2) is 0 Å². The number of thiazole rings is 1. The highest BCUT2D eigenvalue weighted by Crippen LogP contribution is 2.14. The monoisotopic (exact) mass is 323 g/mol. The van der Waals surface area contributed by atoms with Gasteiger partial charge in [-0.05, 0) is 39.9 Å². The van der Waals surface area contributed by atoms with E-state index in [-0.39, 0.29) is 12.0 Å². The van der Waals surface area contributed by atoms with Gasteiger partial charge in [-0.3, -0.25) is 4.79 Å². The fraction of sp³-hybridized carbons (Fsp3) is 0.625.